The standard InChI is InChI=1S/C18H30O3/c1-2-3-11-14-17(19)15-12-9-7-5-4-6-8-10-13-16-18(20)21/h7,9-10,12-13,15,17,19H,2-6,8,11,14,16H2,1H3,(H,20,21)/b9-7-,13-10+,15-12+. The van der Waals surface area contributed by atoms with Crippen LogP contribution in [0.3, 0.4) is 0 Å². The van der Waals surface area contributed by atoms with Gasteiger partial charge in [0.25, 0.3) is 0 Å². The Morgan fingerprint density at radius 1 is 1.00 bits per heavy atom. The number of aliphatic hydroxyl groups is 1. The number of carboxylic acids is 1. The fourth-order valence-electron chi connectivity index (χ4n) is 1.89. The van der Waals surface area contributed by atoms with Crippen LogP contribution in [0.5, 0.6) is 0 Å². The number of rotatable bonds is 13. The largest absolute Gasteiger partial charge is 0.481 e. The molecule has 0 radical (unpaired) electrons. The van der Waals surface area contributed by atoms with E-state index in [1.54, 1.807) is 6.08 Å². The summed E-state index contributed by atoms with van der Waals surface area (Å²) in [5, 5.41) is 18.1. The molecular weight excluding hydrogens is 264 g/mol. The zero-order valence-corrected chi connectivity index (χ0v) is 13.2. The number of aliphatic carboxylic acids is 1. The van der Waals surface area contributed by atoms with Crippen molar-refractivity contribution in [2.75, 3.05) is 0 Å². The highest BCUT2D eigenvalue weighted by molar-refractivity contribution is 5.68. The van der Waals surface area contributed by atoms with Gasteiger partial charge in [0.15, 0.2) is 0 Å². The van der Waals surface area contributed by atoms with Gasteiger partial charge in [-0.15, -0.1) is 0 Å². The van der Waals surface area contributed by atoms with E-state index in [1.807, 2.05) is 24.3 Å². The average Bonchev–Trinajstić information content (AvgIpc) is 2.44. The maximum atomic E-state index is 10.3. The van der Waals surface area contributed by atoms with Crippen LogP contribution in [0.4, 0.5) is 0 Å². The first-order valence-corrected chi connectivity index (χ1v) is 8.05. The SMILES string of the molecule is CCCCCC(O)/C=C/C=C\CCCC/C=C/CC(=O)O. The Hall–Kier alpha value is -1.35. The normalized spacial score (nSPS) is 13.6. The Labute approximate surface area is 129 Å². The number of aliphatic hydroxyl groups excluding tert-OH is 1. The second kappa shape index (κ2) is 15.0. The van der Waals surface area contributed by atoms with Crippen molar-refractivity contribution < 1.29 is 15.0 Å². The quantitative estimate of drug-likeness (QED) is 0.296. The van der Waals surface area contributed by atoms with Gasteiger partial charge in [-0.25, -0.2) is 0 Å². The van der Waals surface area contributed by atoms with E-state index in [2.05, 4.69) is 13.0 Å². The topological polar surface area (TPSA) is 57.5 Å². The van der Waals surface area contributed by atoms with E-state index in [-0.39, 0.29) is 12.5 Å². The van der Waals surface area contributed by atoms with Crippen molar-refractivity contribution in [2.24, 2.45) is 0 Å². The van der Waals surface area contributed by atoms with Crippen molar-refractivity contribution in [3.8, 4) is 0 Å². The van der Waals surface area contributed by atoms with Gasteiger partial charge in [-0.2, -0.15) is 0 Å². The Kier molecular flexibility index (Phi) is 14.1. The minimum atomic E-state index is -0.780. The molecule has 21 heavy (non-hydrogen) atoms. The van der Waals surface area contributed by atoms with Crippen LogP contribution in [0.25, 0.3) is 0 Å². The first kappa shape index (κ1) is 19.7. The smallest absolute Gasteiger partial charge is 0.307 e. The zero-order valence-electron chi connectivity index (χ0n) is 13.2. The molecule has 0 aromatic heterocycles. The predicted octanol–water partition coefficient (Wildman–Crippen LogP) is 4.63. The Morgan fingerprint density at radius 3 is 2.38 bits per heavy atom. The van der Waals surface area contributed by atoms with E-state index in [4.69, 9.17) is 5.11 Å². The van der Waals surface area contributed by atoms with Crippen LogP contribution in [0.15, 0.2) is 36.5 Å². The number of unbranched alkanes of at least 4 members (excludes halogenated alkanes) is 5. The molecule has 0 saturated heterocycles. The number of allylic oxidation sites excluding steroid dienone is 4. The molecule has 0 rings (SSSR count). The average molecular weight is 294 g/mol. The third kappa shape index (κ3) is 16.6. The van der Waals surface area contributed by atoms with Crippen LogP contribution in [-0.4, -0.2) is 22.3 Å². The van der Waals surface area contributed by atoms with Gasteiger partial charge in [0.1, 0.15) is 0 Å². The third-order valence-corrected chi connectivity index (χ3v) is 3.13. The number of carbonyl (C=O) groups is 1. The van der Waals surface area contributed by atoms with E-state index >= 15 is 0 Å². The molecule has 0 aromatic carbocycles. The third-order valence-electron chi connectivity index (χ3n) is 3.13. The van der Waals surface area contributed by atoms with Gasteiger partial charge in [0, 0.05) is 0 Å². The van der Waals surface area contributed by atoms with Gasteiger partial charge >= 0.3 is 5.97 Å². The fraction of sp³-hybridized carbons (Fsp3) is 0.611. The summed E-state index contributed by atoms with van der Waals surface area (Å²) in [7, 11) is 0. The number of hydrogen-bond acceptors (Lipinski definition) is 2. The first-order chi connectivity index (χ1) is 10.2. The molecular formula is C18H30O3. The molecule has 0 aliphatic carbocycles. The van der Waals surface area contributed by atoms with E-state index < -0.39 is 5.97 Å². The van der Waals surface area contributed by atoms with Gasteiger partial charge in [0.05, 0.1) is 12.5 Å². The van der Waals surface area contributed by atoms with Crippen LogP contribution in [0, 0.1) is 0 Å². The second-order valence-electron chi connectivity index (χ2n) is 5.23. The zero-order chi connectivity index (χ0) is 15.8. The molecule has 1 unspecified atom stereocenters. The van der Waals surface area contributed by atoms with Crippen molar-refractivity contribution in [1.82, 2.24) is 0 Å². The summed E-state index contributed by atoms with van der Waals surface area (Å²) in [6.45, 7) is 2.16. The fourth-order valence-corrected chi connectivity index (χ4v) is 1.89. The highest BCUT2D eigenvalue weighted by Crippen LogP contribution is 2.05. The minimum Gasteiger partial charge on any atom is -0.481 e. The maximum Gasteiger partial charge on any atom is 0.307 e. The Balaban J connectivity index is 3.47. The van der Waals surface area contributed by atoms with Gasteiger partial charge in [-0.3, -0.25) is 4.79 Å². The monoisotopic (exact) mass is 294 g/mol. The van der Waals surface area contributed by atoms with Crippen molar-refractivity contribution in [3.05, 3.63) is 36.5 Å². The molecule has 0 heterocycles. The van der Waals surface area contributed by atoms with Crippen molar-refractivity contribution in [2.45, 2.75) is 70.8 Å². The lowest BCUT2D eigenvalue weighted by Crippen LogP contribution is -2.00. The maximum absolute atomic E-state index is 10.3. The lowest BCUT2D eigenvalue weighted by molar-refractivity contribution is -0.136. The Morgan fingerprint density at radius 2 is 1.71 bits per heavy atom. The van der Waals surface area contributed by atoms with Gasteiger partial charge in [-0.05, 0) is 32.1 Å². The molecule has 3 heteroatoms. The van der Waals surface area contributed by atoms with Crippen molar-refractivity contribution in [3.63, 3.8) is 0 Å². The molecule has 0 amide bonds. The molecule has 120 valence electrons. The summed E-state index contributed by atoms with van der Waals surface area (Å²) in [5.74, 6) is -0.780. The van der Waals surface area contributed by atoms with Crippen LogP contribution in [-0.2, 0) is 4.79 Å². The van der Waals surface area contributed by atoms with Crippen LogP contribution < -0.4 is 0 Å². The molecule has 0 aromatic rings. The molecule has 0 aliphatic heterocycles. The molecule has 0 saturated carbocycles. The summed E-state index contributed by atoms with van der Waals surface area (Å²) in [4.78, 5) is 10.3. The lowest BCUT2D eigenvalue weighted by Gasteiger charge is -2.03. The molecule has 0 spiro atoms. The highest BCUT2D eigenvalue weighted by Gasteiger charge is 1.96. The second-order valence-corrected chi connectivity index (χ2v) is 5.23. The van der Waals surface area contributed by atoms with E-state index in [9.17, 15) is 9.90 Å². The molecule has 0 aliphatic rings. The van der Waals surface area contributed by atoms with Crippen molar-refractivity contribution >= 4 is 5.97 Å². The van der Waals surface area contributed by atoms with E-state index in [0.717, 1.165) is 38.5 Å². The first-order valence-electron chi connectivity index (χ1n) is 8.05. The van der Waals surface area contributed by atoms with Crippen molar-refractivity contribution in [1.29, 1.82) is 0 Å². The molecule has 2 N–H and O–H groups in total. The molecule has 1 atom stereocenters. The predicted molar refractivity (Wildman–Crippen MR) is 88.3 cm³/mol. The number of carboxylic acid groups (broad SMARTS) is 1. The van der Waals surface area contributed by atoms with Gasteiger partial charge < -0.3 is 10.2 Å². The van der Waals surface area contributed by atoms with Crippen LogP contribution >= 0.6 is 0 Å². The van der Waals surface area contributed by atoms with Crippen LogP contribution in [0.2, 0.25) is 0 Å². The van der Waals surface area contributed by atoms with E-state index in [0.29, 0.717) is 0 Å². The van der Waals surface area contributed by atoms with E-state index in [1.165, 1.54) is 12.8 Å². The summed E-state index contributed by atoms with van der Waals surface area (Å²) in [5.41, 5.74) is 0. The van der Waals surface area contributed by atoms with Gasteiger partial charge in [0.2, 0.25) is 0 Å². The molecule has 0 bridgehead atoms. The summed E-state index contributed by atoms with van der Waals surface area (Å²) < 4.78 is 0. The van der Waals surface area contributed by atoms with Crippen LogP contribution in [0.1, 0.15) is 64.7 Å². The summed E-state index contributed by atoms with van der Waals surface area (Å²) >= 11 is 0. The summed E-state index contributed by atoms with van der Waals surface area (Å²) in [6, 6.07) is 0. The highest BCUT2D eigenvalue weighted by atomic mass is 16.4. The molecule has 3 nitrogen and oxygen atoms in total. The Bertz CT molecular complexity index is 329. The summed E-state index contributed by atoms with van der Waals surface area (Å²) in [6.07, 6.45) is 19.7. The lowest BCUT2D eigenvalue weighted by atomic mass is 10.1. The van der Waals surface area contributed by atoms with Gasteiger partial charge in [-0.1, -0.05) is 62.6 Å². The molecule has 0 fully saturated rings. The minimum absolute atomic E-state index is 0.116. The number of hydrogen-bond donors (Lipinski definition) is 2.